The zero-order valence-electron chi connectivity index (χ0n) is 13.1. The molecule has 1 heterocycles. The largest absolute Gasteiger partial charge is 0.461 e. The highest BCUT2D eigenvalue weighted by Crippen LogP contribution is 2.52. The number of benzene rings is 1. The minimum Gasteiger partial charge on any atom is -0.461 e. The van der Waals surface area contributed by atoms with Crippen molar-refractivity contribution in [3.63, 3.8) is 0 Å². The number of nitro groups is 1. The first-order chi connectivity index (χ1) is 11.4. The van der Waals surface area contributed by atoms with Crippen molar-refractivity contribution in [2.24, 2.45) is 5.10 Å². The highest BCUT2D eigenvalue weighted by Gasteiger charge is 2.38. The Bertz CT molecular complexity index is 743. The standard InChI is InChI=1S/C14H16N3O6P/c1-3-22-14(18)13-15-16(9-10-24(13,21)23-4-2)11-5-7-12(8-6-11)17(19)20/h5-10H,3-4H2,1-2H3. The summed E-state index contributed by atoms with van der Waals surface area (Å²) in [5, 5.41) is 16.0. The minimum atomic E-state index is -3.55. The van der Waals surface area contributed by atoms with Crippen molar-refractivity contribution in [1.29, 1.82) is 0 Å². The van der Waals surface area contributed by atoms with Gasteiger partial charge in [-0.15, -0.1) is 0 Å². The summed E-state index contributed by atoms with van der Waals surface area (Å²) >= 11 is 0. The predicted molar refractivity (Wildman–Crippen MR) is 88.0 cm³/mol. The van der Waals surface area contributed by atoms with Crippen LogP contribution >= 0.6 is 7.37 Å². The van der Waals surface area contributed by atoms with Gasteiger partial charge in [0.1, 0.15) is 0 Å². The molecule has 0 fully saturated rings. The minimum absolute atomic E-state index is 0.0747. The molecule has 1 unspecified atom stereocenters. The maximum atomic E-state index is 12.7. The summed E-state index contributed by atoms with van der Waals surface area (Å²) in [6.45, 7) is 3.51. The molecule has 24 heavy (non-hydrogen) atoms. The average Bonchev–Trinajstić information content (AvgIpc) is 2.55. The predicted octanol–water partition coefficient (Wildman–Crippen LogP) is 3.08. The van der Waals surface area contributed by atoms with E-state index in [1.807, 2.05) is 0 Å². The second-order valence-electron chi connectivity index (χ2n) is 4.58. The molecule has 0 aliphatic carbocycles. The molecule has 1 aromatic carbocycles. The molecule has 0 radical (unpaired) electrons. The van der Waals surface area contributed by atoms with Crippen LogP contribution in [-0.4, -0.2) is 29.6 Å². The van der Waals surface area contributed by atoms with E-state index in [9.17, 15) is 19.5 Å². The van der Waals surface area contributed by atoms with Crippen LogP contribution in [0.4, 0.5) is 11.4 Å². The Morgan fingerprint density at radius 2 is 1.96 bits per heavy atom. The number of non-ortho nitro benzene ring substituents is 1. The van der Waals surface area contributed by atoms with Gasteiger partial charge in [0.25, 0.3) is 13.1 Å². The molecule has 2 rings (SSSR count). The van der Waals surface area contributed by atoms with Crippen molar-refractivity contribution in [3.05, 3.63) is 46.4 Å². The van der Waals surface area contributed by atoms with E-state index in [-0.39, 0.29) is 24.4 Å². The third-order valence-electron chi connectivity index (χ3n) is 3.01. The molecule has 0 spiro atoms. The fourth-order valence-electron chi connectivity index (χ4n) is 1.95. The zero-order valence-corrected chi connectivity index (χ0v) is 14.0. The number of carbonyl (C=O) groups excluding carboxylic acids is 1. The third-order valence-corrected chi connectivity index (χ3v) is 5.04. The number of carbonyl (C=O) groups is 1. The smallest absolute Gasteiger partial charge is 0.365 e. The van der Waals surface area contributed by atoms with Gasteiger partial charge in [0.05, 0.1) is 23.8 Å². The number of hydrogen-bond acceptors (Lipinski definition) is 8. The molecule has 0 saturated heterocycles. The number of hydrogen-bond donors (Lipinski definition) is 0. The summed E-state index contributed by atoms with van der Waals surface area (Å²) in [5.74, 6) is 0.433. The second kappa shape index (κ2) is 7.37. The lowest BCUT2D eigenvalue weighted by molar-refractivity contribution is -0.384. The Morgan fingerprint density at radius 1 is 1.29 bits per heavy atom. The van der Waals surface area contributed by atoms with Crippen molar-refractivity contribution >= 4 is 30.2 Å². The molecule has 0 amide bonds. The van der Waals surface area contributed by atoms with Gasteiger partial charge in [-0.3, -0.25) is 14.7 Å². The molecule has 128 valence electrons. The van der Waals surface area contributed by atoms with Crippen molar-refractivity contribution in [2.45, 2.75) is 13.8 Å². The second-order valence-corrected chi connectivity index (χ2v) is 6.75. The Hall–Kier alpha value is -2.51. The van der Waals surface area contributed by atoms with Crippen LogP contribution in [0, 0.1) is 10.1 Å². The number of ether oxygens (including phenoxy) is 1. The van der Waals surface area contributed by atoms with E-state index in [4.69, 9.17) is 9.26 Å². The van der Waals surface area contributed by atoms with E-state index in [0.717, 1.165) is 0 Å². The molecule has 0 aromatic heterocycles. The Kier molecular flexibility index (Phi) is 5.48. The monoisotopic (exact) mass is 353 g/mol. The van der Waals surface area contributed by atoms with Crippen LogP contribution in [-0.2, 0) is 18.6 Å². The van der Waals surface area contributed by atoms with E-state index in [1.54, 1.807) is 13.8 Å². The first kappa shape index (κ1) is 17.8. The molecule has 9 nitrogen and oxygen atoms in total. The van der Waals surface area contributed by atoms with Gasteiger partial charge in [-0.2, -0.15) is 5.10 Å². The van der Waals surface area contributed by atoms with Gasteiger partial charge in [0.2, 0.25) is 5.45 Å². The fourth-order valence-corrected chi connectivity index (χ4v) is 3.52. The SMILES string of the molecule is CCOC(=O)C1=NN(c2ccc([N+](=O)[O-])cc2)C=CP1(=O)OCC. The summed E-state index contributed by atoms with van der Waals surface area (Å²) in [5.41, 5.74) is 0.0581. The van der Waals surface area contributed by atoms with Gasteiger partial charge in [-0.1, -0.05) is 0 Å². The first-order valence-corrected chi connectivity index (χ1v) is 8.84. The first-order valence-electron chi connectivity index (χ1n) is 7.15. The molecule has 1 aliphatic heterocycles. The quantitative estimate of drug-likeness (QED) is 0.334. The summed E-state index contributed by atoms with van der Waals surface area (Å²) in [6, 6.07) is 5.54. The van der Waals surface area contributed by atoms with E-state index in [0.29, 0.717) is 5.69 Å². The highest BCUT2D eigenvalue weighted by molar-refractivity contribution is 7.82. The molecule has 1 atom stereocenters. The van der Waals surface area contributed by atoms with Gasteiger partial charge in [-0.05, 0) is 26.0 Å². The summed E-state index contributed by atoms with van der Waals surface area (Å²) in [7, 11) is -3.55. The van der Waals surface area contributed by atoms with Crippen molar-refractivity contribution in [3.8, 4) is 0 Å². The van der Waals surface area contributed by atoms with Gasteiger partial charge < -0.3 is 9.26 Å². The van der Waals surface area contributed by atoms with Crippen LogP contribution < -0.4 is 5.01 Å². The molecular weight excluding hydrogens is 337 g/mol. The molecule has 0 saturated carbocycles. The van der Waals surface area contributed by atoms with E-state index in [1.165, 1.54) is 41.3 Å². The number of hydrazone groups is 1. The average molecular weight is 353 g/mol. The lowest BCUT2D eigenvalue weighted by Crippen LogP contribution is -2.25. The van der Waals surface area contributed by atoms with Crippen LogP contribution in [0.1, 0.15) is 13.8 Å². The molecule has 0 N–H and O–H groups in total. The zero-order chi connectivity index (χ0) is 17.7. The maximum absolute atomic E-state index is 12.7. The molecule has 1 aliphatic rings. The molecule has 10 heteroatoms. The topological polar surface area (TPSA) is 111 Å². The van der Waals surface area contributed by atoms with Crippen LogP contribution in [0.3, 0.4) is 0 Å². The van der Waals surface area contributed by atoms with Gasteiger partial charge in [-0.25, -0.2) is 9.80 Å². The number of nitrogens with zero attached hydrogens (tertiary/aromatic N) is 3. The van der Waals surface area contributed by atoms with E-state index >= 15 is 0 Å². The lowest BCUT2D eigenvalue weighted by Gasteiger charge is -2.24. The van der Waals surface area contributed by atoms with Gasteiger partial charge in [0, 0.05) is 24.1 Å². The van der Waals surface area contributed by atoms with E-state index < -0.39 is 18.3 Å². The number of esters is 1. The number of nitro benzene ring substituents is 1. The van der Waals surface area contributed by atoms with Crippen molar-refractivity contribution in [2.75, 3.05) is 18.2 Å². The molecular formula is C14H16N3O6P. The van der Waals surface area contributed by atoms with Gasteiger partial charge >= 0.3 is 5.97 Å². The van der Waals surface area contributed by atoms with Crippen LogP contribution in [0.5, 0.6) is 0 Å². The maximum Gasteiger partial charge on any atom is 0.365 e. The number of anilines is 1. The van der Waals surface area contributed by atoms with Crippen LogP contribution in [0.15, 0.2) is 41.4 Å². The number of rotatable bonds is 6. The van der Waals surface area contributed by atoms with Crippen LogP contribution in [0.2, 0.25) is 0 Å². The van der Waals surface area contributed by atoms with E-state index in [2.05, 4.69) is 5.10 Å². The van der Waals surface area contributed by atoms with Gasteiger partial charge in [0.15, 0.2) is 0 Å². The van der Waals surface area contributed by atoms with Crippen LogP contribution in [0.25, 0.3) is 0 Å². The molecule has 0 bridgehead atoms. The third kappa shape index (κ3) is 3.69. The summed E-state index contributed by atoms with van der Waals surface area (Å²) < 4.78 is 22.8. The Morgan fingerprint density at radius 3 is 2.50 bits per heavy atom. The summed E-state index contributed by atoms with van der Waals surface area (Å²) in [6.07, 6.45) is 1.39. The summed E-state index contributed by atoms with van der Waals surface area (Å²) in [4.78, 5) is 22.2. The van der Waals surface area contributed by atoms with Crippen molar-refractivity contribution in [1.82, 2.24) is 0 Å². The highest BCUT2D eigenvalue weighted by atomic mass is 31.2. The fraction of sp³-hybridized carbons (Fsp3) is 0.286. The Labute approximate surface area is 138 Å². The Balaban J connectivity index is 2.37. The van der Waals surface area contributed by atoms with Crippen molar-refractivity contribution < 1.29 is 23.5 Å². The normalized spacial score (nSPS) is 19.8. The lowest BCUT2D eigenvalue weighted by atomic mass is 10.3. The molecule has 1 aromatic rings.